The van der Waals surface area contributed by atoms with Gasteiger partial charge in [-0.25, -0.2) is 0 Å². The van der Waals surface area contributed by atoms with E-state index in [1.54, 1.807) is 11.8 Å². The molecule has 0 aliphatic heterocycles. The largest absolute Gasteiger partial charge is 0.325 e. The molecule has 2 aromatic carbocycles. The van der Waals surface area contributed by atoms with Crippen LogP contribution in [-0.2, 0) is 4.79 Å². The molecule has 1 amide bonds. The Balaban J connectivity index is 1.89. The monoisotopic (exact) mass is 285 g/mol. The first-order valence-corrected chi connectivity index (χ1v) is 7.60. The molecule has 0 saturated carbocycles. The maximum absolute atomic E-state index is 11.9. The zero-order valence-corrected chi connectivity index (χ0v) is 12.9. The van der Waals surface area contributed by atoms with Gasteiger partial charge in [0.1, 0.15) is 0 Å². The molecule has 0 aliphatic rings. The zero-order valence-electron chi connectivity index (χ0n) is 12.1. The number of amides is 1. The highest BCUT2D eigenvalue weighted by molar-refractivity contribution is 8.00. The maximum Gasteiger partial charge on any atom is 0.234 e. The normalized spacial score (nSPS) is 10.3. The predicted molar refractivity (Wildman–Crippen MR) is 86.4 cm³/mol. The van der Waals surface area contributed by atoms with E-state index in [1.165, 1.54) is 16.7 Å². The summed E-state index contributed by atoms with van der Waals surface area (Å²) in [6.07, 6.45) is 0. The predicted octanol–water partition coefficient (Wildman–Crippen LogP) is 4.34. The van der Waals surface area contributed by atoms with Crippen LogP contribution in [0.25, 0.3) is 0 Å². The second-order valence-corrected chi connectivity index (χ2v) is 6.00. The molecule has 0 aromatic heterocycles. The van der Waals surface area contributed by atoms with Crippen LogP contribution in [0.15, 0.2) is 47.4 Å². The van der Waals surface area contributed by atoms with E-state index in [0.717, 1.165) is 10.6 Å². The number of carbonyl (C=O) groups is 1. The Morgan fingerprint density at radius 2 is 1.70 bits per heavy atom. The summed E-state index contributed by atoms with van der Waals surface area (Å²) in [7, 11) is 0. The fourth-order valence-corrected chi connectivity index (χ4v) is 2.50. The molecule has 3 heteroatoms. The molecule has 20 heavy (non-hydrogen) atoms. The van der Waals surface area contributed by atoms with Crippen LogP contribution >= 0.6 is 11.8 Å². The second-order valence-electron chi connectivity index (χ2n) is 4.95. The summed E-state index contributed by atoms with van der Waals surface area (Å²) in [5, 5.41) is 2.93. The number of anilines is 1. The zero-order chi connectivity index (χ0) is 14.5. The van der Waals surface area contributed by atoms with Crippen molar-refractivity contribution in [3.05, 3.63) is 59.2 Å². The molecule has 2 aromatic rings. The van der Waals surface area contributed by atoms with Crippen LogP contribution in [0.5, 0.6) is 0 Å². The van der Waals surface area contributed by atoms with E-state index < -0.39 is 0 Å². The van der Waals surface area contributed by atoms with E-state index in [0.29, 0.717) is 5.75 Å². The van der Waals surface area contributed by atoms with Crippen molar-refractivity contribution in [2.45, 2.75) is 25.7 Å². The Bertz CT molecular complexity index is 605. The molecule has 0 spiro atoms. The van der Waals surface area contributed by atoms with E-state index in [2.05, 4.69) is 31.3 Å². The van der Waals surface area contributed by atoms with Gasteiger partial charge in [0.05, 0.1) is 5.75 Å². The van der Waals surface area contributed by atoms with Crippen molar-refractivity contribution in [3.63, 3.8) is 0 Å². The van der Waals surface area contributed by atoms with Gasteiger partial charge in [-0.1, -0.05) is 23.8 Å². The first-order chi connectivity index (χ1) is 9.54. The van der Waals surface area contributed by atoms with Crippen molar-refractivity contribution in [1.29, 1.82) is 0 Å². The van der Waals surface area contributed by atoms with Gasteiger partial charge in [-0.2, -0.15) is 0 Å². The van der Waals surface area contributed by atoms with E-state index in [9.17, 15) is 4.79 Å². The Kier molecular flexibility index (Phi) is 4.85. The number of hydrogen-bond donors (Lipinski definition) is 1. The number of rotatable bonds is 4. The van der Waals surface area contributed by atoms with Crippen molar-refractivity contribution in [3.8, 4) is 0 Å². The van der Waals surface area contributed by atoms with Crippen LogP contribution in [0.4, 0.5) is 5.69 Å². The Labute approximate surface area is 124 Å². The Morgan fingerprint density at radius 3 is 2.35 bits per heavy atom. The molecule has 0 bridgehead atoms. The second kappa shape index (κ2) is 6.62. The summed E-state index contributed by atoms with van der Waals surface area (Å²) in [5.74, 6) is 0.453. The number of hydrogen-bond acceptors (Lipinski definition) is 2. The van der Waals surface area contributed by atoms with Gasteiger partial charge < -0.3 is 5.32 Å². The molecule has 0 aliphatic carbocycles. The first-order valence-electron chi connectivity index (χ1n) is 6.61. The lowest BCUT2D eigenvalue weighted by molar-refractivity contribution is -0.113. The lowest BCUT2D eigenvalue weighted by atomic mass is 10.1. The molecule has 0 radical (unpaired) electrons. The van der Waals surface area contributed by atoms with Crippen LogP contribution in [0.3, 0.4) is 0 Å². The van der Waals surface area contributed by atoms with Crippen LogP contribution in [0.1, 0.15) is 16.7 Å². The molecule has 0 unspecified atom stereocenters. The maximum atomic E-state index is 11.9. The smallest absolute Gasteiger partial charge is 0.234 e. The number of carbonyl (C=O) groups excluding carboxylic acids is 1. The summed E-state index contributed by atoms with van der Waals surface area (Å²) in [4.78, 5) is 13.0. The number of nitrogens with one attached hydrogen (secondary N) is 1. The Morgan fingerprint density at radius 1 is 1.00 bits per heavy atom. The van der Waals surface area contributed by atoms with Crippen molar-refractivity contribution < 1.29 is 4.79 Å². The third-order valence-electron chi connectivity index (χ3n) is 3.18. The average molecular weight is 285 g/mol. The molecule has 0 heterocycles. The van der Waals surface area contributed by atoms with E-state index in [-0.39, 0.29) is 5.91 Å². The molecule has 104 valence electrons. The van der Waals surface area contributed by atoms with Gasteiger partial charge in [-0.15, -0.1) is 11.8 Å². The van der Waals surface area contributed by atoms with Crippen LogP contribution in [-0.4, -0.2) is 11.7 Å². The van der Waals surface area contributed by atoms with Crippen LogP contribution in [0.2, 0.25) is 0 Å². The van der Waals surface area contributed by atoms with Crippen molar-refractivity contribution >= 4 is 23.4 Å². The minimum atomic E-state index is 0.0267. The van der Waals surface area contributed by atoms with Gasteiger partial charge in [0, 0.05) is 10.6 Å². The molecule has 2 rings (SSSR count). The molecule has 0 fully saturated rings. The fraction of sp³-hybridized carbons (Fsp3) is 0.235. The average Bonchev–Trinajstić information content (AvgIpc) is 2.42. The summed E-state index contributed by atoms with van der Waals surface area (Å²) in [5.41, 5.74) is 4.52. The van der Waals surface area contributed by atoms with Gasteiger partial charge >= 0.3 is 0 Å². The third-order valence-corrected chi connectivity index (χ3v) is 4.19. The highest BCUT2D eigenvalue weighted by Gasteiger charge is 2.04. The minimum absolute atomic E-state index is 0.0267. The van der Waals surface area contributed by atoms with E-state index in [4.69, 9.17) is 0 Å². The lowest BCUT2D eigenvalue weighted by Gasteiger charge is -2.07. The van der Waals surface area contributed by atoms with Gasteiger partial charge in [0.15, 0.2) is 0 Å². The highest BCUT2D eigenvalue weighted by atomic mass is 32.2. The number of thioether (sulfide) groups is 1. The summed E-state index contributed by atoms with van der Waals surface area (Å²) in [6.45, 7) is 6.17. The van der Waals surface area contributed by atoms with Gasteiger partial charge in [0.2, 0.25) is 5.91 Å². The van der Waals surface area contributed by atoms with Crippen LogP contribution in [0, 0.1) is 20.8 Å². The topological polar surface area (TPSA) is 29.1 Å². The van der Waals surface area contributed by atoms with Gasteiger partial charge in [-0.3, -0.25) is 4.79 Å². The quantitative estimate of drug-likeness (QED) is 0.847. The molecule has 2 nitrogen and oxygen atoms in total. The van der Waals surface area contributed by atoms with Crippen molar-refractivity contribution in [2.24, 2.45) is 0 Å². The molecular weight excluding hydrogens is 266 g/mol. The lowest BCUT2D eigenvalue weighted by Crippen LogP contribution is -2.14. The number of aryl methyl sites for hydroxylation is 3. The third kappa shape index (κ3) is 4.14. The molecule has 1 N–H and O–H groups in total. The minimum Gasteiger partial charge on any atom is -0.325 e. The first kappa shape index (κ1) is 14.7. The van der Waals surface area contributed by atoms with E-state index in [1.807, 2.05) is 37.3 Å². The fourth-order valence-electron chi connectivity index (χ4n) is 1.80. The number of benzene rings is 2. The van der Waals surface area contributed by atoms with Crippen molar-refractivity contribution in [2.75, 3.05) is 11.1 Å². The summed E-state index contributed by atoms with van der Waals surface area (Å²) in [6, 6.07) is 14.2. The molecule has 0 atom stereocenters. The van der Waals surface area contributed by atoms with E-state index >= 15 is 0 Å². The summed E-state index contributed by atoms with van der Waals surface area (Å²) >= 11 is 1.55. The summed E-state index contributed by atoms with van der Waals surface area (Å²) < 4.78 is 0. The Hall–Kier alpha value is -1.74. The van der Waals surface area contributed by atoms with Gasteiger partial charge in [-0.05, 0) is 56.2 Å². The molecular formula is C17H19NOS. The highest BCUT2D eigenvalue weighted by Crippen LogP contribution is 2.19. The van der Waals surface area contributed by atoms with Crippen molar-refractivity contribution in [1.82, 2.24) is 0 Å². The standard InChI is InChI=1S/C17H19NOS/c1-12-4-8-16(9-5-12)20-11-17(19)18-15-7-6-13(2)14(3)10-15/h4-10H,11H2,1-3H3,(H,18,19). The van der Waals surface area contributed by atoms with Crippen LogP contribution < -0.4 is 5.32 Å². The molecule has 0 saturated heterocycles. The van der Waals surface area contributed by atoms with Gasteiger partial charge in [0.25, 0.3) is 0 Å². The SMILES string of the molecule is Cc1ccc(SCC(=O)Nc2ccc(C)c(C)c2)cc1.